The predicted octanol–water partition coefficient (Wildman–Crippen LogP) is 6.50. The lowest BCUT2D eigenvalue weighted by Gasteiger charge is -2.39. The van der Waals surface area contributed by atoms with Crippen molar-refractivity contribution in [3.8, 4) is 5.75 Å². The summed E-state index contributed by atoms with van der Waals surface area (Å²) >= 11 is 6.47. The quantitative estimate of drug-likeness (QED) is 0.164. The second kappa shape index (κ2) is 16.9. The number of hydrogen-bond donors (Lipinski definition) is 2. The molecule has 13 nitrogen and oxygen atoms in total. The van der Waals surface area contributed by atoms with Gasteiger partial charge in [0, 0.05) is 64.6 Å². The molecule has 53 heavy (non-hydrogen) atoms. The number of rotatable bonds is 12. The summed E-state index contributed by atoms with van der Waals surface area (Å²) in [7, 11) is -0.364. The van der Waals surface area contributed by atoms with Gasteiger partial charge in [0.1, 0.15) is 17.4 Å². The largest absolute Gasteiger partial charge is 0.494 e. The Balaban J connectivity index is 1.03. The normalized spacial score (nSPS) is 15.6. The van der Waals surface area contributed by atoms with Crippen molar-refractivity contribution in [2.75, 3.05) is 86.1 Å². The Labute approximate surface area is 316 Å². The van der Waals surface area contributed by atoms with Gasteiger partial charge in [-0.05, 0) is 55.0 Å². The number of benzene rings is 3. The number of piperazine rings is 1. The number of carbonyl (C=O) groups is 1. The predicted molar refractivity (Wildman–Crippen MR) is 211 cm³/mol. The summed E-state index contributed by atoms with van der Waals surface area (Å²) in [6.07, 6.45) is 4.56. The number of carbonyl (C=O) groups excluding carboxylic acids is 1. The molecule has 2 N–H and O–H groups in total. The molecule has 282 valence electrons. The third-order valence-corrected chi connectivity index (χ3v) is 11.3. The van der Waals surface area contributed by atoms with Crippen LogP contribution in [0, 0.1) is 12.8 Å². The van der Waals surface area contributed by atoms with E-state index in [9.17, 15) is 13.2 Å². The van der Waals surface area contributed by atoms with Gasteiger partial charge in [-0.2, -0.15) is 4.98 Å². The summed E-state index contributed by atoms with van der Waals surface area (Å²) in [4.78, 5) is 28.3. The van der Waals surface area contributed by atoms with Gasteiger partial charge in [0.15, 0.2) is 5.82 Å². The highest BCUT2D eigenvalue weighted by atomic mass is 35.5. The first-order valence-electron chi connectivity index (χ1n) is 17.7. The SMILES string of the molecule is COc1cc(N2CCC(CN3CCN(C(=O)OCc4ccccc4)CC3)CC2)c(C)cc1Nc1ncc(Cl)c(Nc2ccccc2N(C)S(C)(=O)=O)n1. The van der Waals surface area contributed by atoms with Gasteiger partial charge < -0.3 is 29.9 Å². The van der Waals surface area contributed by atoms with Gasteiger partial charge in [-0.3, -0.25) is 9.21 Å². The molecule has 3 heterocycles. The Bertz CT molecular complexity index is 1990. The van der Waals surface area contributed by atoms with E-state index in [2.05, 4.69) is 43.4 Å². The molecule has 2 aliphatic rings. The van der Waals surface area contributed by atoms with Crippen molar-refractivity contribution in [1.29, 1.82) is 0 Å². The molecule has 0 unspecified atom stereocenters. The summed E-state index contributed by atoms with van der Waals surface area (Å²) in [5.74, 6) is 1.86. The van der Waals surface area contributed by atoms with E-state index in [1.165, 1.54) is 17.5 Å². The highest BCUT2D eigenvalue weighted by Gasteiger charge is 2.27. The van der Waals surface area contributed by atoms with E-state index >= 15 is 0 Å². The van der Waals surface area contributed by atoms with Crippen molar-refractivity contribution in [2.45, 2.75) is 26.4 Å². The van der Waals surface area contributed by atoms with Gasteiger partial charge in [0.25, 0.3) is 0 Å². The van der Waals surface area contributed by atoms with Gasteiger partial charge in [-0.1, -0.05) is 54.1 Å². The summed E-state index contributed by atoms with van der Waals surface area (Å²) in [6, 6.07) is 20.9. The number of ether oxygens (including phenoxy) is 2. The average molecular weight is 763 g/mol. The Hall–Kier alpha value is -4.79. The molecule has 2 aliphatic heterocycles. The molecule has 1 aromatic heterocycles. The lowest BCUT2D eigenvalue weighted by atomic mass is 9.95. The first-order valence-corrected chi connectivity index (χ1v) is 19.9. The molecule has 2 fully saturated rings. The molecule has 4 aromatic rings. The molecular weight excluding hydrogens is 716 g/mol. The highest BCUT2D eigenvalue weighted by Crippen LogP contribution is 2.37. The van der Waals surface area contributed by atoms with Gasteiger partial charge in [0.05, 0.1) is 36.6 Å². The number of methoxy groups -OCH3 is 1. The number of halogens is 1. The van der Waals surface area contributed by atoms with Crippen LogP contribution >= 0.6 is 11.6 Å². The number of aryl methyl sites for hydroxylation is 1. The molecule has 0 aliphatic carbocycles. The fourth-order valence-electron chi connectivity index (χ4n) is 6.73. The van der Waals surface area contributed by atoms with Crippen LogP contribution in [0.1, 0.15) is 24.0 Å². The number of piperidine rings is 1. The molecule has 0 atom stereocenters. The smallest absolute Gasteiger partial charge is 0.410 e. The van der Waals surface area contributed by atoms with Gasteiger partial charge >= 0.3 is 6.09 Å². The maximum Gasteiger partial charge on any atom is 0.410 e. The lowest BCUT2D eigenvalue weighted by Crippen LogP contribution is -2.50. The molecule has 6 rings (SSSR count). The third-order valence-electron chi connectivity index (χ3n) is 9.81. The molecule has 3 aromatic carbocycles. The summed E-state index contributed by atoms with van der Waals surface area (Å²) in [5, 5.41) is 6.72. The van der Waals surface area contributed by atoms with E-state index in [4.69, 9.17) is 21.1 Å². The Morgan fingerprint density at radius 2 is 1.66 bits per heavy atom. The van der Waals surface area contributed by atoms with E-state index in [1.54, 1.807) is 31.4 Å². The molecule has 0 spiro atoms. The number of aromatic nitrogens is 2. The van der Waals surface area contributed by atoms with Crippen molar-refractivity contribution in [1.82, 2.24) is 19.8 Å². The van der Waals surface area contributed by atoms with Crippen LogP contribution in [0.2, 0.25) is 5.02 Å². The second-order valence-electron chi connectivity index (χ2n) is 13.5. The molecule has 0 bridgehead atoms. The maximum atomic E-state index is 12.6. The van der Waals surface area contributed by atoms with Crippen LogP contribution in [0.4, 0.5) is 39.3 Å². The van der Waals surface area contributed by atoms with Gasteiger partial charge in [-0.15, -0.1) is 0 Å². The minimum Gasteiger partial charge on any atom is -0.494 e. The first kappa shape index (κ1) is 38.0. The molecular formula is C38H47ClN8O5S. The van der Waals surface area contributed by atoms with Crippen LogP contribution in [0.15, 0.2) is 72.9 Å². The van der Waals surface area contributed by atoms with E-state index in [1.807, 2.05) is 41.3 Å². The topological polar surface area (TPSA) is 132 Å². The minimum atomic E-state index is -3.49. The van der Waals surface area contributed by atoms with Crippen LogP contribution < -0.4 is 24.6 Å². The van der Waals surface area contributed by atoms with Crippen molar-refractivity contribution < 1.29 is 22.7 Å². The van der Waals surface area contributed by atoms with Crippen molar-refractivity contribution in [2.24, 2.45) is 5.92 Å². The Morgan fingerprint density at radius 3 is 2.36 bits per heavy atom. The number of sulfonamides is 1. The zero-order valence-electron chi connectivity index (χ0n) is 30.6. The summed E-state index contributed by atoms with van der Waals surface area (Å²) in [6.45, 7) is 8.37. The molecule has 1 amide bonds. The zero-order valence-corrected chi connectivity index (χ0v) is 32.2. The second-order valence-corrected chi connectivity index (χ2v) is 15.9. The molecule has 15 heteroatoms. The van der Waals surface area contributed by atoms with Crippen LogP contribution in [0.3, 0.4) is 0 Å². The zero-order chi connectivity index (χ0) is 37.5. The number of anilines is 6. The molecule has 2 saturated heterocycles. The van der Waals surface area contributed by atoms with Gasteiger partial charge in [-0.25, -0.2) is 18.2 Å². The van der Waals surface area contributed by atoms with E-state index in [0.29, 0.717) is 60.2 Å². The average Bonchev–Trinajstić information content (AvgIpc) is 3.16. The van der Waals surface area contributed by atoms with E-state index in [-0.39, 0.29) is 11.1 Å². The summed E-state index contributed by atoms with van der Waals surface area (Å²) < 4.78 is 37.0. The van der Waals surface area contributed by atoms with Crippen LogP contribution in [0.5, 0.6) is 5.75 Å². The maximum absolute atomic E-state index is 12.6. The number of amides is 1. The Morgan fingerprint density at radius 1 is 0.962 bits per heavy atom. The van der Waals surface area contributed by atoms with Crippen molar-refractivity contribution in [3.05, 3.63) is 89.1 Å². The number of hydrogen-bond acceptors (Lipinski definition) is 11. The Kier molecular flexibility index (Phi) is 12.1. The van der Waals surface area contributed by atoms with Crippen LogP contribution in [-0.4, -0.2) is 101 Å². The number of nitrogens with one attached hydrogen (secondary N) is 2. The van der Waals surface area contributed by atoms with E-state index in [0.717, 1.165) is 68.6 Å². The fourth-order valence-corrected chi connectivity index (χ4v) is 7.38. The minimum absolute atomic E-state index is 0.241. The standard InChI is InChI=1S/C38H47ClN8O5S/c1-27-22-32(42-37-40-24-30(39)36(43-37)41-31-12-8-9-13-33(31)44(2)53(4,49)50)35(51-3)23-34(27)46-16-14-28(15-17-46)25-45-18-20-47(21-19-45)38(48)52-26-29-10-6-5-7-11-29/h5-13,22-24,28H,14-21,25-26H2,1-4H3,(H2,40,41,42,43). The van der Waals surface area contributed by atoms with Crippen LogP contribution in [-0.2, 0) is 21.4 Å². The molecule has 0 radical (unpaired) electrons. The monoisotopic (exact) mass is 762 g/mol. The van der Waals surface area contributed by atoms with Crippen molar-refractivity contribution in [3.63, 3.8) is 0 Å². The highest BCUT2D eigenvalue weighted by molar-refractivity contribution is 7.92. The van der Waals surface area contributed by atoms with Crippen molar-refractivity contribution >= 4 is 62.2 Å². The first-order chi connectivity index (χ1) is 25.5. The third kappa shape index (κ3) is 9.61. The number of nitrogens with zero attached hydrogens (tertiary/aromatic N) is 6. The van der Waals surface area contributed by atoms with E-state index < -0.39 is 10.0 Å². The number of para-hydroxylation sites is 2. The molecule has 0 saturated carbocycles. The van der Waals surface area contributed by atoms with Gasteiger partial charge in [0.2, 0.25) is 16.0 Å². The lowest BCUT2D eigenvalue weighted by molar-refractivity contribution is 0.0666. The summed E-state index contributed by atoms with van der Waals surface area (Å²) in [5.41, 5.74) is 4.88. The fraction of sp³-hybridized carbons (Fsp3) is 0.395. The van der Waals surface area contributed by atoms with Crippen LogP contribution in [0.25, 0.3) is 0 Å².